The van der Waals surface area contributed by atoms with Gasteiger partial charge >= 0.3 is 0 Å². The van der Waals surface area contributed by atoms with Crippen molar-refractivity contribution in [2.75, 3.05) is 12.0 Å². The van der Waals surface area contributed by atoms with Gasteiger partial charge in [0.05, 0.1) is 10.7 Å². The third-order valence-corrected chi connectivity index (χ3v) is 4.42. The standard InChI is InChI=1S/C17H13Cl2N5O/c18-9-1-3-12-11(7-9)15-13(5-6-20-17(25)16(15)22-12)23-24-14-4-2-10(19)8-21-14/h1-4,7-8,22H,5-6H2,(H,20,25)(H,21,24). The number of carbonyl (C=O) groups is 1. The van der Waals surface area contributed by atoms with Gasteiger partial charge in [0.1, 0.15) is 11.5 Å². The van der Waals surface area contributed by atoms with E-state index in [1.54, 1.807) is 24.4 Å². The van der Waals surface area contributed by atoms with Gasteiger partial charge in [-0.1, -0.05) is 23.2 Å². The van der Waals surface area contributed by atoms with E-state index in [0.29, 0.717) is 34.5 Å². The Hall–Kier alpha value is -2.57. The van der Waals surface area contributed by atoms with Crippen molar-refractivity contribution in [2.24, 2.45) is 5.10 Å². The zero-order valence-corrected chi connectivity index (χ0v) is 14.4. The summed E-state index contributed by atoms with van der Waals surface area (Å²) in [7, 11) is 0. The van der Waals surface area contributed by atoms with E-state index in [-0.39, 0.29) is 5.91 Å². The number of nitrogens with one attached hydrogen (secondary N) is 3. The highest BCUT2D eigenvalue weighted by Crippen LogP contribution is 2.28. The summed E-state index contributed by atoms with van der Waals surface area (Å²) in [4.78, 5) is 19.7. The molecule has 4 rings (SSSR count). The van der Waals surface area contributed by atoms with E-state index in [1.807, 2.05) is 12.1 Å². The van der Waals surface area contributed by atoms with Crippen LogP contribution in [-0.4, -0.2) is 28.1 Å². The van der Waals surface area contributed by atoms with Crippen molar-refractivity contribution < 1.29 is 4.79 Å². The molecule has 126 valence electrons. The Balaban J connectivity index is 1.81. The molecular weight excluding hydrogens is 361 g/mol. The van der Waals surface area contributed by atoms with E-state index >= 15 is 0 Å². The van der Waals surface area contributed by atoms with Crippen LogP contribution in [0.1, 0.15) is 22.5 Å². The van der Waals surface area contributed by atoms with Crippen LogP contribution in [0.5, 0.6) is 0 Å². The van der Waals surface area contributed by atoms with E-state index in [0.717, 1.165) is 22.2 Å². The first-order valence-corrected chi connectivity index (χ1v) is 8.41. The fourth-order valence-corrected chi connectivity index (χ4v) is 3.10. The minimum atomic E-state index is -0.155. The molecule has 0 saturated heterocycles. The number of pyridine rings is 1. The third kappa shape index (κ3) is 3.06. The summed E-state index contributed by atoms with van der Waals surface area (Å²) in [5.41, 5.74) is 5.76. The number of nitrogens with zero attached hydrogens (tertiary/aromatic N) is 2. The average molecular weight is 374 g/mol. The quantitative estimate of drug-likeness (QED) is 0.597. The minimum Gasteiger partial charge on any atom is -0.350 e. The molecule has 1 amide bonds. The first-order valence-electron chi connectivity index (χ1n) is 7.66. The number of hydrogen-bond donors (Lipinski definition) is 3. The summed E-state index contributed by atoms with van der Waals surface area (Å²) in [5.74, 6) is 0.414. The molecule has 6 nitrogen and oxygen atoms in total. The lowest BCUT2D eigenvalue weighted by Crippen LogP contribution is -2.23. The van der Waals surface area contributed by atoms with Gasteiger partial charge in [-0.25, -0.2) is 4.98 Å². The molecule has 0 aliphatic carbocycles. The van der Waals surface area contributed by atoms with E-state index in [9.17, 15) is 4.79 Å². The number of rotatable bonds is 2. The van der Waals surface area contributed by atoms with E-state index < -0.39 is 0 Å². The molecule has 0 fully saturated rings. The zero-order chi connectivity index (χ0) is 17.4. The van der Waals surface area contributed by atoms with Crippen molar-refractivity contribution in [3.05, 3.63) is 57.8 Å². The van der Waals surface area contributed by atoms with E-state index in [2.05, 4.69) is 25.8 Å². The van der Waals surface area contributed by atoms with Crippen molar-refractivity contribution in [2.45, 2.75) is 6.42 Å². The lowest BCUT2D eigenvalue weighted by atomic mass is 10.0. The van der Waals surface area contributed by atoms with Gasteiger partial charge in [0.25, 0.3) is 5.91 Å². The van der Waals surface area contributed by atoms with Gasteiger partial charge in [-0.05, 0) is 30.3 Å². The Bertz CT molecular complexity index is 994. The lowest BCUT2D eigenvalue weighted by Gasteiger charge is -2.05. The number of aromatic nitrogens is 2. The molecule has 1 aliphatic rings. The Morgan fingerprint density at radius 3 is 2.80 bits per heavy atom. The average Bonchev–Trinajstić information content (AvgIpc) is 2.90. The second-order valence-electron chi connectivity index (χ2n) is 5.60. The Labute approximate surface area is 153 Å². The molecule has 25 heavy (non-hydrogen) atoms. The van der Waals surface area contributed by atoms with Crippen molar-refractivity contribution in [3.8, 4) is 0 Å². The van der Waals surface area contributed by atoms with Crippen LogP contribution in [0.15, 0.2) is 41.6 Å². The molecule has 0 unspecified atom stereocenters. The number of halogens is 2. The Kier molecular flexibility index (Phi) is 4.07. The van der Waals surface area contributed by atoms with Gasteiger partial charge in [-0.3, -0.25) is 10.2 Å². The van der Waals surface area contributed by atoms with Crippen molar-refractivity contribution in [1.29, 1.82) is 0 Å². The molecule has 0 saturated carbocycles. The van der Waals surface area contributed by atoms with Crippen LogP contribution in [0, 0.1) is 0 Å². The van der Waals surface area contributed by atoms with Crippen molar-refractivity contribution in [3.63, 3.8) is 0 Å². The summed E-state index contributed by atoms with van der Waals surface area (Å²) in [6.07, 6.45) is 2.12. The summed E-state index contributed by atoms with van der Waals surface area (Å²) >= 11 is 12.0. The molecular formula is C17H13Cl2N5O. The summed E-state index contributed by atoms with van der Waals surface area (Å²) < 4.78 is 0. The van der Waals surface area contributed by atoms with E-state index in [1.165, 1.54) is 0 Å². The Morgan fingerprint density at radius 1 is 1.16 bits per heavy atom. The van der Waals surface area contributed by atoms with E-state index in [4.69, 9.17) is 23.2 Å². The minimum absolute atomic E-state index is 0.155. The van der Waals surface area contributed by atoms with Gasteiger partial charge in [0, 0.05) is 40.7 Å². The van der Waals surface area contributed by atoms with Crippen LogP contribution in [-0.2, 0) is 0 Å². The smallest absolute Gasteiger partial charge is 0.268 e. The van der Waals surface area contributed by atoms with Gasteiger partial charge in [0.2, 0.25) is 0 Å². The number of anilines is 1. The normalized spacial score (nSPS) is 15.8. The molecule has 1 aliphatic heterocycles. The van der Waals surface area contributed by atoms with Crippen LogP contribution in [0.25, 0.3) is 10.9 Å². The van der Waals surface area contributed by atoms with Gasteiger partial charge < -0.3 is 10.3 Å². The highest BCUT2D eigenvalue weighted by atomic mass is 35.5. The molecule has 1 aromatic carbocycles. The largest absolute Gasteiger partial charge is 0.350 e. The van der Waals surface area contributed by atoms with Crippen LogP contribution in [0.3, 0.4) is 0 Å². The Morgan fingerprint density at radius 2 is 2.00 bits per heavy atom. The molecule has 8 heteroatoms. The molecule has 3 heterocycles. The SMILES string of the molecule is O=C1NCCC(=NNc2ccc(Cl)cn2)c2c1[nH]c1ccc(Cl)cc21. The van der Waals surface area contributed by atoms with Crippen LogP contribution < -0.4 is 10.7 Å². The number of hydrazone groups is 1. The first kappa shape index (κ1) is 15.9. The number of hydrogen-bond acceptors (Lipinski definition) is 4. The predicted molar refractivity (Wildman–Crippen MR) is 99.7 cm³/mol. The zero-order valence-electron chi connectivity index (χ0n) is 12.9. The molecule has 3 aromatic rings. The molecule has 2 aromatic heterocycles. The molecule has 0 bridgehead atoms. The number of carbonyl (C=O) groups excluding carboxylic acids is 1. The van der Waals surface area contributed by atoms with Crippen molar-refractivity contribution in [1.82, 2.24) is 15.3 Å². The van der Waals surface area contributed by atoms with Gasteiger partial charge in [0.15, 0.2) is 0 Å². The maximum atomic E-state index is 12.3. The summed E-state index contributed by atoms with van der Waals surface area (Å²) in [6.45, 7) is 0.498. The fourth-order valence-electron chi connectivity index (χ4n) is 2.82. The maximum absolute atomic E-state index is 12.3. The van der Waals surface area contributed by atoms with Crippen LogP contribution >= 0.6 is 23.2 Å². The third-order valence-electron chi connectivity index (χ3n) is 3.96. The maximum Gasteiger partial charge on any atom is 0.268 e. The lowest BCUT2D eigenvalue weighted by molar-refractivity contribution is 0.0952. The number of H-pyrrole nitrogens is 1. The van der Waals surface area contributed by atoms with Crippen LogP contribution in [0.2, 0.25) is 10.0 Å². The number of amides is 1. The highest BCUT2D eigenvalue weighted by molar-refractivity contribution is 6.32. The molecule has 0 atom stereocenters. The first-order chi connectivity index (χ1) is 12.1. The fraction of sp³-hybridized carbons (Fsp3) is 0.118. The summed E-state index contributed by atoms with van der Waals surface area (Å²) in [6, 6.07) is 8.93. The number of aromatic amines is 1. The monoisotopic (exact) mass is 373 g/mol. The number of fused-ring (bicyclic) bond motifs is 3. The molecule has 0 radical (unpaired) electrons. The second-order valence-corrected chi connectivity index (χ2v) is 6.48. The van der Waals surface area contributed by atoms with Gasteiger partial charge in [-0.2, -0.15) is 5.10 Å². The number of benzene rings is 1. The van der Waals surface area contributed by atoms with Gasteiger partial charge in [-0.15, -0.1) is 0 Å². The van der Waals surface area contributed by atoms with Crippen molar-refractivity contribution >= 4 is 51.5 Å². The topological polar surface area (TPSA) is 82.2 Å². The predicted octanol–water partition coefficient (Wildman–Crippen LogP) is 3.82. The second kappa shape index (κ2) is 6.38. The highest BCUT2D eigenvalue weighted by Gasteiger charge is 2.25. The molecule has 3 N–H and O–H groups in total. The molecule has 0 spiro atoms. The summed E-state index contributed by atoms with van der Waals surface area (Å²) in [5, 5.41) is 9.36. The van der Waals surface area contributed by atoms with Crippen LogP contribution in [0.4, 0.5) is 5.82 Å².